The number of halogens is 2. The molecule has 0 spiro atoms. The summed E-state index contributed by atoms with van der Waals surface area (Å²) < 4.78 is 0. The Hall–Kier alpha value is -0.770. The Labute approximate surface area is 125 Å². The molecule has 1 amide bonds. The van der Waals surface area contributed by atoms with Crippen LogP contribution in [0.1, 0.15) is 24.8 Å². The highest BCUT2D eigenvalue weighted by Crippen LogP contribution is 2.11. The van der Waals surface area contributed by atoms with E-state index >= 15 is 0 Å². The van der Waals surface area contributed by atoms with Gasteiger partial charge in [0.15, 0.2) is 0 Å². The van der Waals surface area contributed by atoms with Crippen molar-refractivity contribution in [3.05, 3.63) is 34.9 Å². The molecule has 2 N–H and O–H groups in total. The Balaban J connectivity index is 0.00000180. The van der Waals surface area contributed by atoms with Crippen molar-refractivity contribution in [1.82, 2.24) is 10.6 Å². The van der Waals surface area contributed by atoms with Gasteiger partial charge in [0, 0.05) is 24.0 Å². The topological polar surface area (TPSA) is 41.1 Å². The van der Waals surface area contributed by atoms with Gasteiger partial charge in [0.25, 0.3) is 0 Å². The molecule has 0 radical (unpaired) electrons. The minimum absolute atomic E-state index is 0. The zero-order valence-corrected chi connectivity index (χ0v) is 12.4. The summed E-state index contributed by atoms with van der Waals surface area (Å²) in [6.07, 6.45) is 3.71. The van der Waals surface area contributed by atoms with E-state index in [-0.39, 0.29) is 18.3 Å². The number of hydrogen-bond acceptors (Lipinski definition) is 2. The van der Waals surface area contributed by atoms with Gasteiger partial charge in [0.05, 0.1) is 0 Å². The number of benzene rings is 1. The molecule has 0 bridgehead atoms. The second-order valence-electron chi connectivity index (χ2n) is 4.73. The maximum absolute atomic E-state index is 11.7. The number of amides is 1. The first kappa shape index (κ1) is 16.3. The smallest absolute Gasteiger partial charge is 0.221 e. The molecule has 0 saturated carbocycles. The van der Waals surface area contributed by atoms with Crippen LogP contribution in [-0.2, 0) is 11.2 Å². The van der Waals surface area contributed by atoms with Crippen molar-refractivity contribution in [3.63, 3.8) is 0 Å². The van der Waals surface area contributed by atoms with Crippen LogP contribution in [0, 0.1) is 0 Å². The largest absolute Gasteiger partial charge is 0.356 e. The zero-order chi connectivity index (χ0) is 12.8. The zero-order valence-electron chi connectivity index (χ0n) is 10.8. The number of rotatable bonds is 5. The van der Waals surface area contributed by atoms with E-state index in [2.05, 4.69) is 10.6 Å². The van der Waals surface area contributed by atoms with Gasteiger partial charge >= 0.3 is 0 Å². The maximum atomic E-state index is 11.7. The predicted octanol–water partition coefficient (Wildman–Crippen LogP) is 2.56. The minimum Gasteiger partial charge on any atom is -0.356 e. The molecule has 1 unspecified atom stereocenters. The average molecular weight is 303 g/mol. The molecule has 1 aromatic rings. The Bertz CT molecular complexity index is 406. The molecule has 1 saturated heterocycles. The van der Waals surface area contributed by atoms with Gasteiger partial charge in [-0.15, -0.1) is 12.4 Å². The standard InChI is InChI=1S/C14H19ClN2O.ClH/c15-12-4-1-3-11(9-12)6-8-17-14(18)10-13-5-2-7-16-13;/h1,3-4,9,13,16H,2,5-8,10H2,(H,17,18);1H. The fourth-order valence-electron chi connectivity index (χ4n) is 2.27. The van der Waals surface area contributed by atoms with Gasteiger partial charge in [-0.25, -0.2) is 0 Å². The molecule has 1 heterocycles. The highest BCUT2D eigenvalue weighted by atomic mass is 35.5. The Morgan fingerprint density at radius 1 is 1.47 bits per heavy atom. The van der Waals surface area contributed by atoms with E-state index in [1.807, 2.05) is 24.3 Å². The molecular formula is C14H20Cl2N2O. The lowest BCUT2D eigenvalue weighted by atomic mass is 10.1. The molecule has 2 rings (SSSR count). The van der Waals surface area contributed by atoms with Gasteiger partial charge in [-0.1, -0.05) is 23.7 Å². The van der Waals surface area contributed by atoms with Gasteiger partial charge in [0.2, 0.25) is 5.91 Å². The summed E-state index contributed by atoms with van der Waals surface area (Å²) in [5, 5.41) is 7.02. The summed E-state index contributed by atoms with van der Waals surface area (Å²) >= 11 is 5.90. The lowest BCUT2D eigenvalue weighted by Gasteiger charge is -2.10. The molecule has 1 atom stereocenters. The normalized spacial score (nSPS) is 17.8. The fourth-order valence-corrected chi connectivity index (χ4v) is 2.48. The Morgan fingerprint density at radius 3 is 3.00 bits per heavy atom. The second-order valence-corrected chi connectivity index (χ2v) is 5.16. The van der Waals surface area contributed by atoms with Gasteiger partial charge < -0.3 is 10.6 Å². The molecule has 1 aliphatic rings. The summed E-state index contributed by atoms with van der Waals surface area (Å²) in [7, 11) is 0. The molecule has 5 heteroatoms. The number of nitrogens with one attached hydrogen (secondary N) is 2. The van der Waals surface area contributed by atoms with Gasteiger partial charge in [0.1, 0.15) is 0 Å². The van der Waals surface area contributed by atoms with E-state index in [1.165, 1.54) is 6.42 Å². The number of hydrogen-bond donors (Lipinski definition) is 2. The highest BCUT2D eigenvalue weighted by Gasteiger charge is 2.16. The van der Waals surface area contributed by atoms with Crippen LogP contribution in [-0.4, -0.2) is 25.0 Å². The van der Waals surface area contributed by atoms with E-state index < -0.39 is 0 Å². The van der Waals surface area contributed by atoms with Crippen LogP contribution in [0.4, 0.5) is 0 Å². The third-order valence-corrected chi connectivity index (χ3v) is 3.45. The molecular weight excluding hydrogens is 283 g/mol. The third-order valence-electron chi connectivity index (χ3n) is 3.22. The molecule has 1 aliphatic heterocycles. The summed E-state index contributed by atoms with van der Waals surface area (Å²) in [6, 6.07) is 8.12. The van der Waals surface area contributed by atoms with E-state index in [1.54, 1.807) is 0 Å². The molecule has 1 fully saturated rings. The van der Waals surface area contributed by atoms with Crippen molar-refractivity contribution in [2.75, 3.05) is 13.1 Å². The highest BCUT2D eigenvalue weighted by molar-refractivity contribution is 6.30. The van der Waals surface area contributed by atoms with Crippen LogP contribution in [0.25, 0.3) is 0 Å². The summed E-state index contributed by atoms with van der Waals surface area (Å²) in [4.78, 5) is 11.7. The molecule has 106 valence electrons. The van der Waals surface area contributed by atoms with Crippen LogP contribution in [0.2, 0.25) is 5.02 Å². The van der Waals surface area contributed by atoms with Gasteiger partial charge in [-0.05, 0) is 43.5 Å². The molecule has 19 heavy (non-hydrogen) atoms. The summed E-state index contributed by atoms with van der Waals surface area (Å²) in [5.74, 6) is 0.136. The number of carbonyl (C=O) groups is 1. The molecule has 0 aliphatic carbocycles. The van der Waals surface area contributed by atoms with E-state index in [0.29, 0.717) is 19.0 Å². The van der Waals surface area contributed by atoms with Crippen molar-refractivity contribution >= 4 is 29.9 Å². The lowest BCUT2D eigenvalue weighted by Crippen LogP contribution is -2.32. The molecule has 1 aromatic carbocycles. The van der Waals surface area contributed by atoms with E-state index in [0.717, 1.165) is 30.0 Å². The fraction of sp³-hybridized carbons (Fsp3) is 0.500. The Morgan fingerprint density at radius 2 is 2.32 bits per heavy atom. The third kappa shape index (κ3) is 5.81. The van der Waals surface area contributed by atoms with Crippen molar-refractivity contribution in [3.8, 4) is 0 Å². The quantitative estimate of drug-likeness (QED) is 0.878. The first-order chi connectivity index (χ1) is 8.74. The predicted molar refractivity (Wildman–Crippen MR) is 81.1 cm³/mol. The number of carbonyl (C=O) groups excluding carboxylic acids is 1. The van der Waals surface area contributed by atoms with Crippen LogP contribution in [0.15, 0.2) is 24.3 Å². The summed E-state index contributed by atoms with van der Waals surface area (Å²) in [6.45, 7) is 1.71. The van der Waals surface area contributed by atoms with Gasteiger partial charge in [-0.2, -0.15) is 0 Å². The van der Waals surface area contributed by atoms with E-state index in [9.17, 15) is 4.79 Å². The second kappa shape index (κ2) is 8.41. The van der Waals surface area contributed by atoms with Crippen molar-refractivity contribution < 1.29 is 4.79 Å². The van der Waals surface area contributed by atoms with Crippen LogP contribution in [0.3, 0.4) is 0 Å². The van der Waals surface area contributed by atoms with E-state index in [4.69, 9.17) is 11.6 Å². The van der Waals surface area contributed by atoms with Gasteiger partial charge in [-0.3, -0.25) is 4.79 Å². The van der Waals surface area contributed by atoms with Crippen molar-refractivity contribution in [2.45, 2.75) is 31.7 Å². The van der Waals surface area contributed by atoms with Crippen LogP contribution in [0.5, 0.6) is 0 Å². The minimum atomic E-state index is 0. The van der Waals surface area contributed by atoms with Crippen LogP contribution < -0.4 is 10.6 Å². The molecule has 0 aromatic heterocycles. The maximum Gasteiger partial charge on any atom is 0.221 e. The first-order valence-corrected chi connectivity index (χ1v) is 6.86. The lowest BCUT2D eigenvalue weighted by molar-refractivity contribution is -0.121. The van der Waals surface area contributed by atoms with Crippen LogP contribution >= 0.6 is 24.0 Å². The van der Waals surface area contributed by atoms with Crippen molar-refractivity contribution in [1.29, 1.82) is 0 Å². The monoisotopic (exact) mass is 302 g/mol. The average Bonchev–Trinajstić information content (AvgIpc) is 2.82. The molecule has 3 nitrogen and oxygen atoms in total. The summed E-state index contributed by atoms with van der Waals surface area (Å²) in [5.41, 5.74) is 1.15. The first-order valence-electron chi connectivity index (χ1n) is 6.48. The SMILES string of the molecule is Cl.O=C(CC1CCCN1)NCCc1cccc(Cl)c1. The Kier molecular flexibility index (Phi) is 7.21. The van der Waals surface area contributed by atoms with Crippen molar-refractivity contribution in [2.24, 2.45) is 0 Å².